The second-order valence-electron chi connectivity index (χ2n) is 3.91. The molecule has 1 N–H and O–H groups in total. The molecule has 1 heterocycles. The summed E-state index contributed by atoms with van der Waals surface area (Å²) in [6.07, 6.45) is 4.84. The smallest absolute Gasteiger partial charge is 0.251 e. The van der Waals surface area contributed by atoms with Crippen molar-refractivity contribution >= 4 is 16.9 Å². The Bertz CT molecular complexity index is 613. The van der Waals surface area contributed by atoms with Gasteiger partial charge < -0.3 is 14.5 Å². The quantitative estimate of drug-likeness (QED) is 0.809. The van der Waals surface area contributed by atoms with E-state index in [1.54, 1.807) is 36.6 Å². The summed E-state index contributed by atoms with van der Waals surface area (Å²) in [4.78, 5) is 11.9. The molecule has 0 atom stereocenters. The summed E-state index contributed by atoms with van der Waals surface area (Å²) in [5.41, 5.74) is 1.11. The predicted octanol–water partition coefficient (Wildman–Crippen LogP) is 2.91. The Balaban J connectivity index is 2.36. The zero-order chi connectivity index (χ0) is 13.7. The monoisotopic (exact) mass is 257 g/mol. The zero-order valence-corrected chi connectivity index (χ0v) is 10.5. The SMILES string of the molecule is C=CCNC(=O)c1cc(OCC=C)c2ccoc2c1. The average molecular weight is 257 g/mol. The Morgan fingerprint density at radius 1 is 1.37 bits per heavy atom. The zero-order valence-electron chi connectivity index (χ0n) is 10.5. The highest BCUT2D eigenvalue weighted by atomic mass is 16.5. The lowest BCUT2D eigenvalue weighted by Gasteiger charge is -2.08. The van der Waals surface area contributed by atoms with Crippen LogP contribution in [0.1, 0.15) is 10.4 Å². The Morgan fingerprint density at radius 3 is 2.95 bits per heavy atom. The van der Waals surface area contributed by atoms with Crippen molar-refractivity contribution in [3.63, 3.8) is 0 Å². The van der Waals surface area contributed by atoms with Crippen LogP contribution in [0.2, 0.25) is 0 Å². The molecule has 2 aromatic rings. The van der Waals surface area contributed by atoms with Crippen LogP contribution >= 0.6 is 0 Å². The first kappa shape index (κ1) is 13.0. The van der Waals surface area contributed by atoms with Crippen molar-refractivity contribution in [1.82, 2.24) is 5.32 Å². The van der Waals surface area contributed by atoms with Gasteiger partial charge >= 0.3 is 0 Å². The topological polar surface area (TPSA) is 51.5 Å². The number of carbonyl (C=O) groups is 1. The van der Waals surface area contributed by atoms with Crippen LogP contribution in [0.15, 0.2) is 54.2 Å². The van der Waals surface area contributed by atoms with Gasteiger partial charge in [0.25, 0.3) is 5.91 Å². The summed E-state index contributed by atoms with van der Waals surface area (Å²) in [6, 6.07) is 5.19. The minimum atomic E-state index is -0.193. The summed E-state index contributed by atoms with van der Waals surface area (Å²) in [6.45, 7) is 7.95. The summed E-state index contributed by atoms with van der Waals surface area (Å²) in [7, 11) is 0. The Kier molecular flexibility index (Phi) is 4.03. The molecule has 4 nitrogen and oxygen atoms in total. The number of amides is 1. The van der Waals surface area contributed by atoms with Crippen LogP contribution < -0.4 is 10.1 Å². The van der Waals surface area contributed by atoms with Crippen molar-refractivity contribution in [2.45, 2.75) is 0 Å². The second kappa shape index (κ2) is 5.91. The molecule has 0 spiro atoms. The van der Waals surface area contributed by atoms with E-state index < -0.39 is 0 Å². The first-order chi connectivity index (χ1) is 9.26. The Hall–Kier alpha value is -2.49. The van der Waals surface area contributed by atoms with E-state index in [1.165, 1.54) is 0 Å². The Morgan fingerprint density at radius 2 is 2.21 bits per heavy atom. The molecular formula is C15H15NO3. The maximum absolute atomic E-state index is 11.9. The van der Waals surface area contributed by atoms with Crippen molar-refractivity contribution in [1.29, 1.82) is 0 Å². The molecule has 0 radical (unpaired) electrons. The fraction of sp³-hybridized carbons (Fsp3) is 0.133. The number of carbonyl (C=O) groups excluding carboxylic acids is 1. The van der Waals surface area contributed by atoms with E-state index >= 15 is 0 Å². The van der Waals surface area contributed by atoms with Crippen LogP contribution in [-0.4, -0.2) is 19.1 Å². The molecular weight excluding hydrogens is 242 g/mol. The lowest BCUT2D eigenvalue weighted by atomic mass is 10.1. The lowest BCUT2D eigenvalue weighted by Crippen LogP contribution is -2.23. The van der Waals surface area contributed by atoms with Crippen LogP contribution in [0.5, 0.6) is 5.75 Å². The highest BCUT2D eigenvalue weighted by Crippen LogP contribution is 2.28. The molecule has 0 bridgehead atoms. The molecule has 0 aliphatic carbocycles. The highest BCUT2D eigenvalue weighted by Gasteiger charge is 2.12. The molecule has 0 aliphatic heterocycles. The predicted molar refractivity (Wildman–Crippen MR) is 74.4 cm³/mol. The molecule has 0 unspecified atom stereocenters. The molecule has 19 heavy (non-hydrogen) atoms. The standard InChI is InChI=1S/C15H15NO3/c1-3-6-16-15(17)11-9-13(18-7-4-2)12-5-8-19-14(12)10-11/h3-5,8-10H,1-2,6-7H2,(H,16,17). The van der Waals surface area contributed by atoms with Crippen molar-refractivity contribution in [3.8, 4) is 5.75 Å². The third kappa shape index (κ3) is 2.85. The number of hydrogen-bond acceptors (Lipinski definition) is 3. The number of furan rings is 1. The number of fused-ring (bicyclic) bond motifs is 1. The molecule has 1 aromatic heterocycles. The van der Waals surface area contributed by atoms with E-state index in [2.05, 4.69) is 18.5 Å². The largest absolute Gasteiger partial charge is 0.489 e. The Labute approximate surface area is 111 Å². The minimum Gasteiger partial charge on any atom is -0.489 e. The normalized spacial score (nSPS) is 10.1. The van der Waals surface area contributed by atoms with E-state index in [4.69, 9.17) is 9.15 Å². The molecule has 0 aliphatic rings. The van der Waals surface area contributed by atoms with Gasteiger partial charge in [0.05, 0.1) is 11.6 Å². The molecule has 98 valence electrons. The van der Waals surface area contributed by atoms with Crippen LogP contribution in [-0.2, 0) is 0 Å². The van der Waals surface area contributed by atoms with Crippen LogP contribution in [0.4, 0.5) is 0 Å². The molecule has 4 heteroatoms. The average Bonchev–Trinajstić information content (AvgIpc) is 2.90. The van der Waals surface area contributed by atoms with Gasteiger partial charge in [0.1, 0.15) is 17.9 Å². The van der Waals surface area contributed by atoms with Gasteiger partial charge in [-0.2, -0.15) is 0 Å². The van der Waals surface area contributed by atoms with Gasteiger partial charge in [-0.1, -0.05) is 18.7 Å². The molecule has 1 amide bonds. The van der Waals surface area contributed by atoms with Crippen molar-refractivity contribution in [2.75, 3.05) is 13.2 Å². The third-order valence-corrected chi connectivity index (χ3v) is 2.56. The van der Waals surface area contributed by atoms with E-state index in [1.807, 2.05) is 0 Å². The molecule has 0 saturated carbocycles. The van der Waals surface area contributed by atoms with Crippen molar-refractivity contribution < 1.29 is 13.9 Å². The fourth-order valence-corrected chi connectivity index (χ4v) is 1.70. The van der Waals surface area contributed by atoms with E-state index in [0.29, 0.717) is 30.0 Å². The molecule has 1 aromatic carbocycles. The number of ether oxygens (including phenoxy) is 1. The van der Waals surface area contributed by atoms with Gasteiger partial charge in [0, 0.05) is 12.1 Å². The summed E-state index contributed by atoms with van der Waals surface area (Å²) in [5, 5.41) is 3.55. The van der Waals surface area contributed by atoms with Crippen LogP contribution in [0.3, 0.4) is 0 Å². The van der Waals surface area contributed by atoms with Crippen molar-refractivity contribution in [3.05, 3.63) is 55.3 Å². The van der Waals surface area contributed by atoms with Gasteiger partial charge in [-0.05, 0) is 18.2 Å². The van der Waals surface area contributed by atoms with Gasteiger partial charge in [-0.3, -0.25) is 4.79 Å². The van der Waals surface area contributed by atoms with Gasteiger partial charge in [0.2, 0.25) is 0 Å². The van der Waals surface area contributed by atoms with E-state index in [-0.39, 0.29) is 5.91 Å². The maximum atomic E-state index is 11.9. The van der Waals surface area contributed by atoms with Crippen LogP contribution in [0, 0.1) is 0 Å². The number of hydrogen-bond donors (Lipinski definition) is 1. The second-order valence-corrected chi connectivity index (χ2v) is 3.91. The first-order valence-electron chi connectivity index (χ1n) is 5.90. The first-order valence-corrected chi connectivity index (χ1v) is 5.90. The maximum Gasteiger partial charge on any atom is 0.251 e. The van der Waals surface area contributed by atoms with Gasteiger partial charge in [-0.25, -0.2) is 0 Å². The summed E-state index contributed by atoms with van der Waals surface area (Å²) < 4.78 is 10.9. The summed E-state index contributed by atoms with van der Waals surface area (Å²) >= 11 is 0. The summed E-state index contributed by atoms with van der Waals surface area (Å²) in [5.74, 6) is 0.413. The minimum absolute atomic E-state index is 0.193. The molecule has 0 fully saturated rings. The van der Waals surface area contributed by atoms with Gasteiger partial charge in [0.15, 0.2) is 0 Å². The molecule has 0 saturated heterocycles. The van der Waals surface area contributed by atoms with E-state index in [0.717, 1.165) is 5.39 Å². The lowest BCUT2D eigenvalue weighted by molar-refractivity contribution is 0.0957. The third-order valence-electron chi connectivity index (χ3n) is 2.56. The van der Waals surface area contributed by atoms with Crippen molar-refractivity contribution in [2.24, 2.45) is 0 Å². The number of rotatable bonds is 6. The van der Waals surface area contributed by atoms with Crippen LogP contribution in [0.25, 0.3) is 11.0 Å². The van der Waals surface area contributed by atoms with E-state index in [9.17, 15) is 4.79 Å². The molecule has 2 rings (SSSR count). The number of nitrogens with one attached hydrogen (secondary N) is 1. The number of benzene rings is 1. The van der Waals surface area contributed by atoms with Gasteiger partial charge in [-0.15, -0.1) is 6.58 Å². The fourth-order valence-electron chi connectivity index (χ4n) is 1.70. The highest BCUT2D eigenvalue weighted by molar-refractivity contribution is 5.99.